The molecule has 1 aromatic carbocycles. The molecule has 0 saturated carbocycles. The van der Waals surface area contributed by atoms with Crippen molar-refractivity contribution in [2.45, 2.75) is 19.4 Å². The summed E-state index contributed by atoms with van der Waals surface area (Å²) < 4.78 is 23.8. The summed E-state index contributed by atoms with van der Waals surface area (Å²) in [6.45, 7) is 2.61. The molecule has 86 valence electrons. The Labute approximate surface area is 93.2 Å². The number of aryl methyl sites for hydroxylation is 1. The van der Waals surface area contributed by atoms with Gasteiger partial charge < -0.3 is 9.47 Å². The Bertz CT molecular complexity index is 397. The molecule has 0 amide bonds. The van der Waals surface area contributed by atoms with Crippen molar-refractivity contribution in [1.29, 1.82) is 0 Å². The summed E-state index contributed by atoms with van der Waals surface area (Å²) in [6, 6.07) is 4.69. The minimum atomic E-state index is -0.614. The second kappa shape index (κ2) is 4.61. The van der Waals surface area contributed by atoms with Gasteiger partial charge in [-0.3, -0.25) is 0 Å². The lowest BCUT2D eigenvalue weighted by molar-refractivity contribution is 0.0265. The number of hydrogen-bond donors (Lipinski definition) is 0. The van der Waals surface area contributed by atoms with E-state index in [1.165, 1.54) is 6.07 Å². The molecule has 2 rings (SSSR count). The number of hydrogen-bond acceptors (Lipinski definition) is 3. The summed E-state index contributed by atoms with van der Waals surface area (Å²) in [5.74, 6) is -1.12. The number of ether oxygens (including phenoxy) is 2. The summed E-state index contributed by atoms with van der Waals surface area (Å²) in [5.41, 5.74) is 0.434. The number of carbonyl (C=O) groups excluding carboxylic acids is 1. The highest BCUT2D eigenvalue weighted by Crippen LogP contribution is 2.16. The Balaban J connectivity index is 2.11. The van der Waals surface area contributed by atoms with Gasteiger partial charge in [0.25, 0.3) is 0 Å². The van der Waals surface area contributed by atoms with E-state index in [2.05, 4.69) is 0 Å². The Morgan fingerprint density at radius 3 is 3.06 bits per heavy atom. The van der Waals surface area contributed by atoms with E-state index >= 15 is 0 Å². The molecule has 0 N–H and O–H groups in total. The zero-order valence-corrected chi connectivity index (χ0v) is 9.03. The van der Waals surface area contributed by atoms with Crippen molar-refractivity contribution < 1.29 is 18.7 Å². The van der Waals surface area contributed by atoms with Crippen LogP contribution in [-0.4, -0.2) is 25.3 Å². The van der Waals surface area contributed by atoms with Crippen LogP contribution in [-0.2, 0) is 9.47 Å². The quantitative estimate of drug-likeness (QED) is 0.721. The van der Waals surface area contributed by atoms with E-state index in [9.17, 15) is 9.18 Å². The Morgan fingerprint density at radius 2 is 2.38 bits per heavy atom. The highest BCUT2D eigenvalue weighted by Gasteiger charge is 2.22. The number of benzene rings is 1. The summed E-state index contributed by atoms with van der Waals surface area (Å²) in [6.07, 6.45) is 0.437. The first-order valence-corrected chi connectivity index (χ1v) is 5.22. The SMILES string of the molecule is Cc1cccc(C(=O)OC2CCOC2)c1F. The monoisotopic (exact) mass is 224 g/mol. The van der Waals surface area contributed by atoms with Gasteiger partial charge in [0.05, 0.1) is 18.8 Å². The first-order valence-electron chi connectivity index (χ1n) is 5.22. The molecule has 1 aliphatic heterocycles. The molecule has 0 bridgehead atoms. The molecular formula is C12H13FO3. The third-order valence-electron chi connectivity index (χ3n) is 2.57. The topological polar surface area (TPSA) is 35.5 Å². The van der Waals surface area contributed by atoms with Gasteiger partial charge in [-0.2, -0.15) is 0 Å². The largest absolute Gasteiger partial charge is 0.456 e. The van der Waals surface area contributed by atoms with Crippen LogP contribution in [0.15, 0.2) is 18.2 Å². The maximum Gasteiger partial charge on any atom is 0.341 e. The third-order valence-corrected chi connectivity index (χ3v) is 2.57. The molecule has 1 fully saturated rings. The molecule has 1 aliphatic rings. The van der Waals surface area contributed by atoms with Crippen molar-refractivity contribution in [2.75, 3.05) is 13.2 Å². The normalized spacial score (nSPS) is 19.8. The average molecular weight is 224 g/mol. The van der Waals surface area contributed by atoms with Crippen LogP contribution in [0.2, 0.25) is 0 Å². The van der Waals surface area contributed by atoms with Gasteiger partial charge >= 0.3 is 5.97 Å². The van der Waals surface area contributed by atoms with Crippen molar-refractivity contribution >= 4 is 5.97 Å². The minimum absolute atomic E-state index is 0.00750. The van der Waals surface area contributed by atoms with E-state index in [0.717, 1.165) is 0 Å². The number of rotatable bonds is 2. The van der Waals surface area contributed by atoms with Crippen LogP contribution in [0, 0.1) is 12.7 Å². The fraction of sp³-hybridized carbons (Fsp3) is 0.417. The van der Waals surface area contributed by atoms with Crippen molar-refractivity contribution in [1.82, 2.24) is 0 Å². The van der Waals surface area contributed by atoms with E-state index < -0.39 is 11.8 Å². The fourth-order valence-electron chi connectivity index (χ4n) is 1.63. The van der Waals surface area contributed by atoms with E-state index in [-0.39, 0.29) is 11.7 Å². The van der Waals surface area contributed by atoms with Crippen LogP contribution in [0.25, 0.3) is 0 Å². The highest BCUT2D eigenvalue weighted by atomic mass is 19.1. The number of halogens is 1. The molecule has 0 spiro atoms. The maximum absolute atomic E-state index is 13.6. The smallest absolute Gasteiger partial charge is 0.341 e. The molecule has 1 atom stereocenters. The van der Waals surface area contributed by atoms with Crippen LogP contribution in [0.1, 0.15) is 22.3 Å². The van der Waals surface area contributed by atoms with E-state index in [1.807, 2.05) is 0 Å². The molecule has 4 heteroatoms. The van der Waals surface area contributed by atoms with Gasteiger partial charge in [0.2, 0.25) is 0 Å². The van der Waals surface area contributed by atoms with Gasteiger partial charge in [0.1, 0.15) is 11.9 Å². The van der Waals surface area contributed by atoms with Gasteiger partial charge in [-0.1, -0.05) is 12.1 Å². The number of carbonyl (C=O) groups is 1. The Kier molecular flexibility index (Phi) is 3.19. The van der Waals surface area contributed by atoms with Gasteiger partial charge in [-0.05, 0) is 18.6 Å². The lowest BCUT2D eigenvalue weighted by atomic mass is 10.1. The van der Waals surface area contributed by atoms with Crippen LogP contribution < -0.4 is 0 Å². The van der Waals surface area contributed by atoms with Crippen LogP contribution in [0.4, 0.5) is 4.39 Å². The summed E-state index contributed by atoms with van der Waals surface area (Å²) in [5, 5.41) is 0. The Hall–Kier alpha value is -1.42. The van der Waals surface area contributed by atoms with Crippen LogP contribution in [0.5, 0.6) is 0 Å². The van der Waals surface area contributed by atoms with Gasteiger partial charge in [-0.25, -0.2) is 9.18 Å². The summed E-state index contributed by atoms with van der Waals surface area (Å²) in [7, 11) is 0. The molecule has 0 aromatic heterocycles. The highest BCUT2D eigenvalue weighted by molar-refractivity contribution is 5.90. The zero-order chi connectivity index (χ0) is 11.5. The molecule has 1 aromatic rings. The molecule has 0 radical (unpaired) electrons. The lowest BCUT2D eigenvalue weighted by Gasteiger charge is -2.10. The fourth-order valence-corrected chi connectivity index (χ4v) is 1.63. The predicted molar refractivity (Wildman–Crippen MR) is 55.8 cm³/mol. The molecule has 1 unspecified atom stereocenters. The van der Waals surface area contributed by atoms with Gasteiger partial charge in [0.15, 0.2) is 0 Å². The standard InChI is InChI=1S/C12H13FO3/c1-8-3-2-4-10(11(8)13)12(14)16-9-5-6-15-7-9/h2-4,9H,5-7H2,1H3. The first kappa shape index (κ1) is 11.1. The van der Waals surface area contributed by atoms with Crippen molar-refractivity contribution in [3.63, 3.8) is 0 Å². The second-order valence-corrected chi connectivity index (χ2v) is 3.83. The minimum Gasteiger partial charge on any atom is -0.456 e. The van der Waals surface area contributed by atoms with Crippen molar-refractivity contribution in [2.24, 2.45) is 0 Å². The van der Waals surface area contributed by atoms with E-state index in [1.54, 1.807) is 19.1 Å². The Morgan fingerprint density at radius 1 is 1.56 bits per heavy atom. The van der Waals surface area contributed by atoms with Crippen molar-refractivity contribution in [3.8, 4) is 0 Å². The molecular weight excluding hydrogens is 211 g/mol. The average Bonchev–Trinajstić information content (AvgIpc) is 2.74. The first-order chi connectivity index (χ1) is 7.68. The summed E-state index contributed by atoms with van der Waals surface area (Å²) >= 11 is 0. The van der Waals surface area contributed by atoms with Crippen LogP contribution in [0.3, 0.4) is 0 Å². The predicted octanol–water partition coefficient (Wildman–Crippen LogP) is 2.08. The van der Waals surface area contributed by atoms with Gasteiger partial charge in [-0.15, -0.1) is 0 Å². The molecule has 1 saturated heterocycles. The molecule has 1 heterocycles. The third kappa shape index (κ3) is 2.22. The molecule has 16 heavy (non-hydrogen) atoms. The zero-order valence-electron chi connectivity index (χ0n) is 9.03. The van der Waals surface area contributed by atoms with E-state index in [0.29, 0.717) is 25.2 Å². The van der Waals surface area contributed by atoms with Gasteiger partial charge in [0, 0.05) is 6.42 Å². The van der Waals surface area contributed by atoms with Crippen molar-refractivity contribution in [3.05, 3.63) is 35.1 Å². The maximum atomic E-state index is 13.6. The van der Waals surface area contributed by atoms with Crippen LogP contribution >= 0.6 is 0 Å². The molecule has 3 nitrogen and oxygen atoms in total. The lowest BCUT2D eigenvalue weighted by Crippen LogP contribution is -2.19. The number of esters is 1. The summed E-state index contributed by atoms with van der Waals surface area (Å²) in [4.78, 5) is 11.7. The van der Waals surface area contributed by atoms with E-state index in [4.69, 9.17) is 9.47 Å². The molecule has 0 aliphatic carbocycles. The second-order valence-electron chi connectivity index (χ2n) is 3.83.